The number of aliphatic hydroxyl groups excluding tert-OH is 1. The summed E-state index contributed by atoms with van der Waals surface area (Å²) in [6.07, 6.45) is -0.804. The first-order valence-electron chi connectivity index (χ1n) is 6.73. The third-order valence-corrected chi connectivity index (χ3v) is 5.29. The van der Waals surface area contributed by atoms with Crippen molar-refractivity contribution in [1.29, 1.82) is 0 Å². The molecule has 0 aliphatic rings. The molecule has 1 N–H and O–H groups in total. The molecule has 0 aliphatic heterocycles. The maximum Gasteiger partial charge on any atom is 0.311 e. The van der Waals surface area contributed by atoms with Crippen LogP contribution in [0, 0.1) is 5.92 Å². The maximum absolute atomic E-state index is 11.7. The number of aliphatic hydroxyl groups is 1. The molecule has 106 valence electrons. The van der Waals surface area contributed by atoms with Crippen molar-refractivity contribution in [2.75, 3.05) is 6.61 Å². The zero-order valence-corrected chi connectivity index (χ0v) is 13.4. The Kier molecular flexibility index (Phi) is 5.32. The van der Waals surface area contributed by atoms with Crippen LogP contribution in [0.2, 0.25) is 19.6 Å². The van der Waals surface area contributed by atoms with Gasteiger partial charge in [0.05, 0.1) is 26.7 Å². The van der Waals surface area contributed by atoms with E-state index in [1.165, 1.54) is 5.19 Å². The topological polar surface area (TPSA) is 46.5 Å². The van der Waals surface area contributed by atoms with Crippen LogP contribution in [0.3, 0.4) is 0 Å². The van der Waals surface area contributed by atoms with Crippen molar-refractivity contribution >= 4 is 19.2 Å². The number of carbonyl (C=O) groups excluding carboxylic acids is 1. The Morgan fingerprint density at radius 1 is 1.32 bits per heavy atom. The fourth-order valence-electron chi connectivity index (χ4n) is 2.11. The molecule has 1 aromatic rings. The van der Waals surface area contributed by atoms with Gasteiger partial charge in [-0.15, -0.1) is 0 Å². The lowest BCUT2D eigenvalue weighted by atomic mass is 9.97. The van der Waals surface area contributed by atoms with Gasteiger partial charge < -0.3 is 9.84 Å². The van der Waals surface area contributed by atoms with Crippen LogP contribution >= 0.6 is 0 Å². The lowest BCUT2D eigenvalue weighted by Crippen LogP contribution is -2.41. The first-order valence-corrected chi connectivity index (χ1v) is 10.2. The van der Waals surface area contributed by atoms with Crippen molar-refractivity contribution in [2.45, 2.75) is 39.6 Å². The van der Waals surface area contributed by atoms with Crippen LogP contribution in [0.5, 0.6) is 0 Å². The van der Waals surface area contributed by atoms with E-state index in [1.54, 1.807) is 13.8 Å². The lowest BCUT2D eigenvalue weighted by molar-refractivity contribution is -0.151. The highest BCUT2D eigenvalue weighted by Crippen LogP contribution is 2.23. The van der Waals surface area contributed by atoms with Crippen LogP contribution < -0.4 is 5.19 Å². The number of hydrogen-bond acceptors (Lipinski definition) is 3. The smallest absolute Gasteiger partial charge is 0.311 e. The molecule has 0 aromatic heterocycles. The number of ether oxygens (including phenoxy) is 1. The summed E-state index contributed by atoms with van der Waals surface area (Å²) in [5.41, 5.74) is 0.863. The molecule has 0 amide bonds. The SMILES string of the molecule is CCOC(=O)[C@@H](C)[C@@H](O)c1ccccc1[Si](C)(C)C. The molecule has 1 rings (SSSR count). The number of rotatable bonds is 5. The number of esters is 1. The van der Waals surface area contributed by atoms with E-state index in [-0.39, 0.29) is 5.97 Å². The fraction of sp³-hybridized carbons (Fsp3) is 0.533. The lowest BCUT2D eigenvalue weighted by Gasteiger charge is -2.26. The van der Waals surface area contributed by atoms with Gasteiger partial charge in [-0.05, 0) is 19.4 Å². The second-order valence-electron chi connectivity index (χ2n) is 5.82. The fourth-order valence-corrected chi connectivity index (χ4v) is 3.80. The Morgan fingerprint density at radius 3 is 2.42 bits per heavy atom. The number of benzene rings is 1. The highest BCUT2D eigenvalue weighted by Gasteiger charge is 2.29. The third-order valence-electron chi connectivity index (χ3n) is 3.22. The van der Waals surface area contributed by atoms with Crippen LogP contribution in [0.25, 0.3) is 0 Å². The molecule has 0 aliphatic carbocycles. The number of hydrogen-bond donors (Lipinski definition) is 1. The van der Waals surface area contributed by atoms with Crippen LogP contribution in [0.4, 0.5) is 0 Å². The standard InChI is InChI=1S/C15H24O3Si/c1-6-18-15(17)11(2)14(16)12-9-7-8-10-13(12)19(3,4)5/h7-11,14,16H,6H2,1-5H3/t11-,14+/m0/s1. The van der Waals surface area contributed by atoms with Crippen molar-refractivity contribution in [1.82, 2.24) is 0 Å². The molecule has 0 fully saturated rings. The van der Waals surface area contributed by atoms with Crippen molar-refractivity contribution in [3.05, 3.63) is 29.8 Å². The Morgan fingerprint density at radius 2 is 1.89 bits per heavy atom. The molecule has 0 saturated carbocycles. The Bertz CT molecular complexity index is 437. The minimum Gasteiger partial charge on any atom is -0.466 e. The van der Waals surface area contributed by atoms with Gasteiger partial charge in [0.15, 0.2) is 0 Å². The van der Waals surface area contributed by atoms with Crippen molar-refractivity contribution < 1.29 is 14.6 Å². The summed E-state index contributed by atoms with van der Waals surface area (Å²) in [7, 11) is -1.55. The molecule has 0 saturated heterocycles. The van der Waals surface area contributed by atoms with Crippen LogP contribution in [-0.2, 0) is 9.53 Å². The average molecular weight is 280 g/mol. The van der Waals surface area contributed by atoms with E-state index >= 15 is 0 Å². The van der Waals surface area contributed by atoms with Crippen molar-refractivity contribution in [2.24, 2.45) is 5.92 Å². The third kappa shape index (κ3) is 3.91. The molecule has 0 heterocycles. The Hall–Kier alpha value is -1.13. The van der Waals surface area contributed by atoms with Crippen LogP contribution in [0.1, 0.15) is 25.5 Å². The second kappa shape index (κ2) is 6.35. The van der Waals surface area contributed by atoms with Gasteiger partial charge >= 0.3 is 5.97 Å². The molecule has 0 radical (unpaired) electrons. The van der Waals surface area contributed by atoms with E-state index in [2.05, 4.69) is 25.7 Å². The molecular weight excluding hydrogens is 256 g/mol. The van der Waals surface area contributed by atoms with Gasteiger partial charge in [0.2, 0.25) is 0 Å². The molecular formula is C15H24O3Si. The predicted molar refractivity (Wildman–Crippen MR) is 80.2 cm³/mol. The normalized spacial score (nSPS) is 14.8. The molecule has 19 heavy (non-hydrogen) atoms. The molecule has 1 aromatic carbocycles. The zero-order valence-electron chi connectivity index (χ0n) is 12.4. The van der Waals surface area contributed by atoms with Crippen LogP contribution in [-0.4, -0.2) is 25.8 Å². The Balaban J connectivity index is 3.06. The molecule has 2 atom stereocenters. The van der Waals surface area contributed by atoms with Gasteiger partial charge in [0.25, 0.3) is 0 Å². The molecule has 0 spiro atoms. The van der Waals surface area contributed by atoms with Crippen molar-refractivity contribution in [3.8, 4) is 0 Å². The summed E-state index contributed by atoms with van der Waals surface area (Å²) in [6.45, 7) is 10.5. The van der Waals surface area contributed by atoms with Gasteiger partial charge in [0, 0.05) is 0 Å². The Labute approximate surface area is 116 Å². The quantitative estimate of drug-likeness (QED) is 0.666. The van der Waals surface area contributed by atoms with E-state index in [0.29, 0.717) is 6.61 Å². The minimum absolute atomic E-state index is 0.339. The van der Waals surface area contributed by atoms with Crippen molar-refractivity contribution in [3.63, 3.8) is 0 Å². The summed E-state index contributed by atoms with van der Waals surface area (Å²) in [5.74, 6) is -0.891. The zero-order chi connectivity index (χ0) is 14.6. The number of carbonyl (C=O) groups is 1. The summed E-state index contributed by atoms with van der Waals surface area (Å²) in [4.78, 5) is 11.7. The van der Waals surface area contributed by atoms with Crippen LogP contribution in [0.15, 0.2) is 24.3 Å². The maximum atomic E-state index is 11.7. The second-order valence-corrected chi connectivity index (χ2v) is 10.9. The molecule has 3 nitrogen and oxygen atoms in total. The minimum atomic E-state index is -1.55. The van der Waals surface area contributed by atoms with Gasteiger partial charge in [0.1, 0.15) is 0 Å². The van der Waals surface area contributed by atoms with E-state index in [4.69, 9.17) is 4.74 Å². The summed E-state index contributed by atoms with van der Waals surface area (Å²) in [6, 6.07) is 7.86. The first kappa shape index (κ1) is 15.9. The predicted octanol–water partition coefficient (Wildman–Crippen LogP) is 2.46. The van der Waals surface area contributed by atoms with Gasteiger partial charge in [-0.3, -0.25) is 4.79 Å². The summed E-state index contributed by atoms with van der Waals surface area (Å²) < 4.78 is 4.98. The largest absolute Gasteiger partial charge is 0.466 e. The van der Waals surface area contributed by atoms with Gasteiger partial charge in [-0.1, -0.05) is 49.1 Å². The highest BCUT2D eigenvalue weighted by molar-refractivity contribution is 6.89. The first-order chi connectivity index (χ1) is 8.79. The summed E-state index contributed by atoms with van der Waals surface area (Å²) in [5, 5.41) is 11.6. The van der Waals surface area contributed by atoms with E-state index in [1.807, 2.05) is 18.2 Å². The van der Waals surface area contributed by atoms with E-state index in [9.17, 15) is 9.90 Å². The van der Waals surface area contributed by atoms with Gasteiger partial charge in [-0.25, -0.2) is 0 Å². The average Bonchev–Trinajstić information content (AvgIpc) is 2.36. The van der Waals surface area contributed by atoms with E-state index < -0.39 is 20.1 Å². The van der Waals surface area contributed by atoms with Gasteiger partial charge in [-0.2, -0.15) is 0 Å². The summed E-state index contributed by atoms with van der Waals surface area (Å²) >= 11 is 0. The van der Waals surface area contributed by atoms with E-state index in [0.717, 1.165) is 5.56 Å². The highest BCUT2D eigenvalue weighted by atomic mass is 28.3. The molecule has 0 bridgehead atoms. The monoisotopic (exact) mass is 280 g/mol. The molecule has 4 heteroatoms. The molecule has 0 unspecified atom stereocenters.